The van der Waals surface area contributed by atoms with E-state index in [0.29, 0.717) is 18.2 Å². The van der Waals surface area contributed by atoms with Gasteiger partial charge in [0.05, 0.1) is 5.41 Å². The van der Waals surface area contributed by atoms with Crippen LogP contribution < -0.4 is 10.6 Å². The Hall–Kier alpha value is -0.810. The van der Waals surface area contributed by atoms with Crippen LogP contribution in [-0.2, 0) is 9.59 Å². The van der Waals surface area contributed by atoms with Crippen LogP contribution in [-0.4, -0.2) is 49.4 Å². The van der Waals surface area contributed by atoms with Crippen molar-refractivity contribution in [3.8, 4) is 0 Å². The van der Waals surface area contributed by atoms with E-state index in [1.54, 1.807) is 0 Å². The molecule has 5 nitrogen and oxygen atoms in total. The van der Waals surface area contributed by atoms with Crippen molar-refractivity contribution in [3.63, 3.8) is 0 Å². The van der Waals surface area contributed by atoms with Crippen molar-refractivity contribution < 1.29 is 9.59 Å². The molecule has 130 valence electrons. The minimum absolute atomic E-state index is 0. The van der Waals surface area contributed by atoms with Crippen LogP contribution in [0.4, 0.5) is 0 Å². The topological polar surface area (TPSA) is 61.4 Å². The number of carbonyl (C=O) groups excluding carboxylic acids is 2. The first-order valence-corrected chi connectivity index (χ1v) is 8.91. The molecule has 0 aromatic carbocycles. The normalized spacial score (nSPS) is 35.6. The number of likely N-dealkylation sites (tertiary alicyclic amines) is 1. The Morgan fingerprint density at radius 3 is 2.61 bits per heavy atom. The SMILES string of the molecule is Cl.O=C1CC2(CCN(C(=O)[C@@]34CCCC[C@H]3CNC4)CC2)CN1. The third-order valence-electron chi connectivity index (χ3n) is 6.77. The van der Waals surface area contributed by atoms with Crippen LogP contribution in [0.5, 0.6) is 0 Å². The molecule has 3 aliphatic heterocycles. The van der Waals surface area contributed by atoms with Gasteiger partial charge in [0.25, 0.3) is 0 Å². The number of amides is 2. The smallest absolute Gasteiger partial charge is 0.230 e. The molecule has 1 aliphatic carbocycles. The van der Waals surface area contributed by atoms with E-state index < -0.39 is 0 Å². The van der Waals surface area contributed by atoms with Gasteiger partial charge in [0.15, 0.2) is 0 Å². The van der Waals surface area contributed by atoms with E-state index in [1.807, 2.05) is 0 Å². The first-order valence-electron chi connectivity index (χ1n) is 8.91. The van der Waals surface area contributed by atoms with Crippen LogP contribution in [0.2, 0.25) is 0 Å². The molecule has 2 atom stereocenters. The molecule has 0 unspecified atom stereocenters. The molecule has 0 aromatic rings. The Bertz CT molecular complexity index is 490. The number of halogens is 1. The second kappa shape index (κ2) is 6.25. The fourth-order valence-corrected chi connectivity index (χ4v) is 5.27. The number of rotatable bonds is 1. The lowest BCUT2D eigenvalue weighted by Gasteiger charge is -2.45. The summed E-state index contributed by atoms with van der Waals surface area (Å²) in [5.41, 5.74) is 0.0118. The van der Waals surface area contributed by atoms with Gasteiger partial charge in [-0.2, -0.15) is 0 Å². The first kappa shape index (κ1) is 17.0. The number of hydrogen-bond acceptors (Lipinski definition) is 3. The molecule has 4 aliphatic rings. The number of carbonyl (C=O) groups is 2. The van der Waals surface area contributed by atoms with E-state index in [9.17, 15) is 9.59 Å². The quantitative estimate of drug-likeness (QED) is 0.756. The highest BCUT2D eigenvalue weighted by Gasteiger charge is 2.52. The molecule has 4 fully saturated rings. The third kappa shape index (κ3) is 2.76. The number of fused-ring (bicyclic) bond motifs is 1. The molecule has 3 heterocycles. The van der Waals surface area contributed by atoms with E-state index in [2.05, 4.69) is 15.5 Å². The number of nitrogens with one attached hydrogen (secondary N) is 2. The number of hydrogen-bond donors (Lipinski definition) is 2. The van der Waals surface area contributed by atoms with Crippen LogP contribution in [0, 0.1) is 16.7 Å². The van der Waals surface area contributed by atoms with Crippen LogP contribution in [0.15, 0.2) is 0 Å². The van der Waals surface area contributed by atoms with E-state index in [1.165, 1.54) is 19.3 Å². The summed E-state index contributed by atoms with van der Waals surface area (Å²) >= 11 is 0. The second-order valence-electron chi connectivity index (χ2n) is 7.98. The van der Waals surface area contributed by atoms with Crippen molar-refractivity contribution >= 4 is 24.2 Å². The zero-order chi connectivity index (χ0) is 15.2. The van der Waals surface area contributed by atoms with Gasteiger partial charge in [0.2, 0.25) is 11.8 Å². The van der Waals surface area contributed by atoms with E-state index in [-0.39, 0.29) is 29.1 Å². The Labute approximate surface area is 144 Å². The summed E-state index contributed by atoms with van der Waals surface area (Å²) in [6.07, 6.45) is 7.35. The summed E-state index contributed by atoms with van der Waals surface area (Å²) in [7, 11) is 0. The molecule has 4 rings (SSSR count). The van der Waals surface area contributed by atoms with Crippen molar-refractivity contribution in [1.29, 1.82) is 0 Å². The maximum atomic E-state index is 13.2. The Morgan fingerprint density at radius 1 is 1.13 bits per heavy atom. The van der Waals surface area contributed by atoms with Crippen LogP contribution in [0.3, 0.4) is 0 Å². The minimum Gasteiger partial charge on any atom is -0.356 e. The molecule has 3 saturated heterocycles. The fourth-order valence-electron chi connectivity index (χ4n) is 5.27. The van der Waals surface area contributed by atoms with Crippen molar-refractivity contribution in [2.75, 3.05) is 32.7 Å². The third-order valence-corrected chi connectivity index (χ3v) is 6.77. The van der Waals surface area contributed by atoms with Crippen molar-refractivity contribution in [3.05, 3.63) is 0 Å². The molecule has 1 spiro atoms. The van der Waals surface area contributed by atoms with Crippen LogP contribution in [0.1, 0.15) is 44.9 Å². The molecule has 23 heavy (non-hydrogen) atoms. The van der Waals surface area contributed by atoms with Crippen molar-refractivity contribution in [2.24, 2.45) is 16.7 Å². The summed E-state index contributed by atoms with van der Waals surface area (Å²) < 4.78 is 0. The maximum Gasteiger partial charge on any atom is 0.230 e. The standard InChI is InChI=1S/C17H27N3O2.ClH/c21-14-9-16(11-19-14)5-7-20(8-6-16)15(22)17-4-2-1-3-13(17)10-18-12-17;/h13,18H,1-12H2,(H,19,21);1H/t13-,17+;/m0./s1. The van der Waals surface area contributed by atoms with Crippen molar-refractivity contribution in [1.82, 2.24) is 15.5 Å². The predicted molar refractivity (Wildman–Crippen MR) is 90.4 cm³/mol. The molecular formula is C17H28ClN3O2. The molecule has 0 radical (unpaired) electrons. The second-order valence-corrected chi connectivity index (χ2v) is 7.98. The summed E-state index contributed by atoms with van der Waals surface area (Å²) in [5, 5.41) is 6.45. The lowest BCUT2D eigenvalue weighted by atomic mass is 9.67. The molecule has 1 saturated carbocycles. The lowest BCUT2D eigenvalue weighted by Crippen LogP contribution is -2.53. The largest absolute Gasteiger partial charge is 0.356 e. The van der Waals surface area contributed by atoms with Gasteiger partial charge in [-0.1, -0.05) is 12.8 Å². The molecule has 0 aromatic heterocycles. The zero-order valence-corrected chi connectivity index (χ0v) is 14.6. The minimum atomic E-state index is -0.119. The van der Waals surface area contributed by atoms with Crippen molar-refractivity contribution in [2.45, 2.75) is 44.9 Å². The average Bonchev–Trinajstić information content (AvgIpc) is 3.12. The molecule has 6 heteroatoms. The Morgan fingerprint density at radius 2 is 1.91 bits per heavy atom. The van der Waals surface area contributed by atoms with E-state index in [0.717, 1.165) is 52.0 Å². The lowest BCUT2D eigenvalue weighted by molar-refractivity contribution is -0.147. The summed E-state index contributed by atoms with van der Waals surface area (Å²) in [6.45, 7) is 4.37. The summed E-state index contributed by atoms with van der Waals surface area (Å²) in [5.74, 6) is 1.12. The van der Waals surface area contributed by atoms with Crippen LogP contribution in [0.25, 0.3) is 0 Å². The molecule has 2 amide bonds. The molecular weight excluding hydrogens is 314 g/mol. The summed E-state index contributed by atoms with van der Waals surface area (Å²) in [6, 6.07) is 0. The number of nitrogens with zero attached hydrogens (tertiary/aromatic N) is 1. The monoisotopic (exact) mass is 341 g/mol. The highest BCUT2D eigenvalue weighted by atomic mass is 35.5. The summed E-state index contributed by atoms with van der Waals surface area (Å²) in [4.78, 5) is 26.9. The molecule has 0 bridgehead atoms. The van der Waals surface area contributed by atoms with Gasteiger partial charge < -0.3 is 15.5 Å². The van der Waals surface area contributed by atoms with E-state index in [4.69, 9.17) is 0 Å². The highest BCUT2D eigenvalue weighted by molar-refractivity contribution is 5.85. The first-order chi connectivity index (χ1) is 10.6. The Kier molecular flexibility index (Phi) is 4.62. The van der Waals surface area contributed by atoms with Gasteiger partial charge in [-0.25, -0.2) is 0 Å². The zero-order valence-electron chi connectivity index (χ0n) is 13.7. The highest BCUT2D eigenvalue weighted by Crippen LogP contribution is 2.46. The van der Waals surface area contributed by atoms with Gasteiger partial charge >= 0.3 is 0 Å². The van der Waals surface area contributed by atoms with Gasteiger partial charge in [-0.15, -0.1) is 12.4 Å². The van der Waals surface area contributed by atoms with Gasteiger partial charge in [-0.05, 0) is 43.6 Å². The van der Waals surface area contributed by atoms with Gasteiger partial charge in [0.1, 0.15) is 0 Å². The van der Waals surface area contributed by atoms with Gasteiger partial charge in [0, 0.05) is 32.6 Å². The Balaban J connectivity index is 0.00000156. The van der Waals surface area contributed by atoms with Gasteiger partial charge in [-0.3, -0.25) is 9.59 Å². The average molecular weight is 342 g/mol. The fraction of sp³-hybridized carbons (Fsp3) is 0.882. The molecule has 2 N–H and O–H groups in total. The predicted octanol–water partition coefficient (Wildman–Crippen LogP) is 1.32. The number of piperidine rings is 1. The van der Waals surface area contributed by atoms with E-state index >= 15 is 0 Å². The maximum absolute atomic E-state index is 13.2. The van der Waals surface area contributed by atoms with Crippen LogP contribution >= 0.6 is 12.4 Å².